The van der Waals surface area contributed by atoms with Gasteiger partial charge in [0.15, 0.2) is 0 Å². The van der Waals surface area contributed by atoms with Gasteiger partial charge in [-0.05, 0) is 5.92 Å². The first kappa shape index (κ1) is 12.7. The first-order valence-electron chi connectivity index (χ1n) is 4.22. The maximum absolute atomic E-state index is 11.6. The summed E-state index contributed by atoms with van der Waals surface area (Å²) in [7, 11) is -4.58. The lowest BCUT2D eigenvalue weighted by molar-refractivity contribution is 0.599. The minimum absolute atomic E-state index is 0.0744. The second-order valence-corrected chi connectivity index (χ2v) is 8.35. The quantitative estimate of drug-likeness (QED) is 0.803. The summed E-state index contributed by atoms with van der Waals surface area (Å²) in [5, 5.41) is 7.13. The van der Waals surface area contributed by atoms with Crippen molar-refractivity contribution in [1.82, 2.24) is 10.2 Å². The Bertz CT molecular complexity index is 464. The summed E-state index contributed by atoms with van der Waals surface area (Å²) in [6.07, 6.45) is 1.06. The minimum Gasteiger partial charge on any atom is -0.252 e. The van der Waals surface area contributed by atoms with Crippen LogP contribution in [-0.2, 0) is 20.6 Å². The third-order valence-corrected chi connectivity index (χ3v) is 6.02. The molecule has 5 nitrogen and oxygen atoms in total. The van der Waals surface area contributed by atoms with Crippen LogP contribution in [0.3, 0.4) is 0 Å². The van der Waals surface area contributed by atoms with Gasteiger partial charge in [0, 0.05) is 12.0 Å². The lowest BCUT2D eigenvalue weighted by atomic mass is 10.3. The Kier molecular flexibility index (Phi) is 3.96. The summed E-state index contributed by atoms with van der Waals surface area (Å²) in [4.78, 5) is 0. The first-order chi connectivity index (χ1) is 6.80. The average Bonchev–Trinajstić information content (AvgIpc) is 2.48. The predicted octanol–water partition coefficient (Wildman–Crippen LogP) is 0.705. The van der Waals surface area contributed by atoms with Crippen LogP contribution in [0.2, 0.25) is 0 Å². The summed E-state index contributed by atoms with van der Waals surface area (Å²) < 4.78 is 34.0. The van der Waals surface area contributed by atoms with Crippen molar-refractivity contribution in [2.75, 3.05) is 12.0 Å². The molecular formula is C7H12N2O3S3. The second kappa shape index (κ2) is 4.67. The van der Waals surface area contributed by atoms with Crippen molar-refractivity contribution >= 4 is 32.0 Å². The van der Waals surface area contributed by atoms with E-state index in [-0.39, 0.29) is 14.6 Å². The Labute approximate surface area is 95.3 Å². The zero-order valence-corrected chi connectivity index (χ0v) is 11.1. The van der Waals surface area contributed by atoms with Crippen molar-refractivity contribution in [2.24, 2.45) is 5.92 Å². The van der Waals surface area contributed by atoms with Gasteiger partial charge in [-0.15, -0.1) is 10.2 Å². The molecule has 0 aliphatic rings. The van der Waals surface area contributed by atoms with Gasteiger partial charge in [0.2, 0.25) is 18.5 Å². The molecule has 86 valence electrons. The molecule has 0 aliphatic carbocycles. The fourth-order valence-electron chi connectivity index (χ4n) is 0.813. The van der Waals surface area contributed by atoms with E-state index in [1.54, 1.807) is 0 Å². The first-order valence-corrected chi connectivity index (χ1v) is 8.25. The van der Waals surface area contributed by atoms with Gasteiger partial charge in [-0.25, -0.2) is 8.42 Å². The standard InChI is InChI=1S/C7H12N2O3S3/c1-5(2)4-14(10)6-8-9-7(13-6)15(3,11)12/h5H,4H2,1-3H3. The highest BCUT2D eigenvalue weighted by molar-refractivity contribution is 7.93. The molecule has 0 aliphatic heterocycles. The number of aromatic nitrogens is 2. The largest absolute Gasteiger partial charge is 0.252 e. The Balaban J connectivity index is 2.90. The van der Waals surface area contributed by atoms with Crippen LogP contribution in [-0.4, -0.2) is 34.8 Å². The zero-order valence-electron chi connectivity index (χ0n) is 8.63. The summed E-state index contributed by atoms with van der Waals surface area (Å²) in [6.45, 7) is 3.88. The van der Waals surface area contributed by atoms with E-state index in [1.165, 1.54) is 0 Å². The maximum atomic E-state index is 11.6. The van der Waals surface area contributed by atoms with Gasteiger partial charge >= 0.3 is 0 Å². The fraction of sp³-hybridized carbons (Fsp3) is 0.714. The summed E-state index contributed by atoms with van der Waals surface area (Å²) in [6, 6.07) is 0. The molecule has 0 saturated carbocycles. The van der Waals surface area contributed by atoms with Gasteiger partial charge in [0.1, 0.15) is 0 Å². The van der Waals surface area contributed by atoms with Gasteiger partial charge in [0.05, 0.1) is 10.8 Å². The highest BCUT2D eigenvalue weighted by Gasteiger charge is 2.18. The van der Waals surface area contributed by atoms with E-state index >= 15 is 0 Å². The van der Waals surface area contributed by atoms with Gasteiger partial charge in [-0.1, -0.05) is 25.2 Å². The van der Waals surface area contributed by atoms with Crippen molar-refractivity contribution in [3.8, 4) is 0 Å². The molecule has 1 heterocycles. The fourth-order valence-corrected chi connectivity index (χ4v) is 4.01. The normalized spacial score (nSPS) is 14.4. The Hall–Kier alpha value is -0.340. The molecule has 1 aromatic heterocycles. The molecule has 1 unspecified atom stereocenters. The molecule has 0 saturated heterocycles. The number of rotatable bonds is 4. The van der Waals surface area contributed by atoms with Crippen LogP contribution in [0.15, 0.2) is 8.68 Å². The summed E-state index contributed by atoms with van der Waals surface area (Å²) in [5.41, 5.74) is 0. The molecular weight excluding hydrogens is 256 g/mol. The smallest absolute Gasteiger partial charge is 0.233 e. The summed E-state index contributed by atoms with van der Waals surface area (Å²) >= 11 is 0.880. The topological polar surface area (TPSA) is 77.0 Å². The molecule has 0 radical (unpaired) electrons. The van der Waals surface area contributed by atoms with Crippen LogP contribution in [0.1, 0.15) is 13.8 Å². The number of nitrogens with zero attached hydrogens (tertiary/aromatic N) is 2. The van der Waals surface area contributed by atoms with Crippen molar-refractivity contribution in [2.45, 2.75) is 22.5 Å². The van der Waals surface area contributed by atoms with E-state index in [1.807, 2.05) is 13.8 Å². The van der Waals surface area contributed by atoms with E-state index in [0.29, 0.717) is 5.75 Å². The van der Waals surface area contributed by atoms with Crippen LogP contribution in [0.4, 0.5) is 0 Å². The molecule has 15 heavy (non-hydrogen) atoms. The number of hydrogen-bond acceptors (Lipinski definition) is 6. The Morgan fingerprint density at radius 2 is 2.00 bits per heavy atom. The molecule has 1 atom stereocenters. The van der Waals surface area contributed by atoms with Gasteiger partial charge in [-0.2, -0.15) is 0 Å². The molecule has 0 amide bonds. The van der Waals surface area contributed by atoms with Crippen molar-refractivity contribution in [3.05, 3.63) is 0 Å². The lowest BCUT2D eigenvalue weighted by Crippen LogP contribution is -2.04. The Morgan fingerprint density at radius 3 is 2.40 bits per heavy atom. The van der Waals surface area contributed by atoms with E-state index < -0.39 is 20.6 Å². The number of sulfone groups is 1. The molecule has 0 bridgehead atoms. The second-order valence-electron chi connectivity index (χ2n) is 3.51. The zero-order chi connectivity index (χ0) is 11.6. The van der Waals surface area contributed by atoms with Gasteiger partial charge < -0.3 is 0 Å². The van der Waals surface area contributed by atoms with E-state index in [4.69, 9.17) is 0 Å². The lowest BCUT2D eigenvalue weighted by Gasteiger charge is -1.99. The van der Waals surface area contributed by atoms with Crippen molar-refractivity contribution in [3.63, 3.8) is 0 Å². The summed E-state index contributed by atoms with van der Waals surface area (Å²) in [5.74, 6) is 0.745. The Morgan fingerprint density at radius 1 is 1.40 bits per heavy atom. The molecule has 0 N–H and O–H groups in total. The molecule has 0 aromatic carbocycles. The highest BCUT2D eigenvalue weighted by atomic mass is 32.2. The van der Waals surface area contributed by atoms with Crippen LogP contribution in [0.5, 0.6) is 0 Å². The van der Waals surface area contributed by atoms with Crippen LogP contribution >= 0.6 is 11.3 Å². The average molecular weight is 268 g/mol. The third-order valence-electron chi connectivity index (χ3n) is 1.38. The molecule has 0 fully saturated rings. The molecule has 1 rings (SSSR count). The van der Waals surface area contributed by atoms with Gasteiger partial charge in [0.25, 0.3) is 0 Å². The van der Waals surface area contributed by atoms with E-state index in [9.17, 15) is 12.6 Å². The molecule has 1 aromatic rings. The van der Waals surface area contributed by atoms with Crippen LogP contribution in [0, 0.1) is 5.92 Å². The van der Waals surface area contributed by atoms with Gasteiger partial charge in [-0.3, -0.25) is 4.21 Å². The maximum Gasteiger partial charge on any atom is 0.233 e. The number of hydrogen-bond donors (Lipinski definition) is 0. The van der Waals surface area contributed by atoms with E-state index in [2.05, 4.69) is 10.2 Å². The van der Waals surface area contributed by atoms with Crippen molar-refractivity contribution in [1.29, 1.82) is 0 Å². The van der Waals surface area contributed by atoms with Crippen LogP contribution in [0.25, 0.3) is 0 Å². The third kappa shape index (κ3) is 3.62. The van der Waals surface area contributed by atoms with Crippen molar-refractivity contribution < 1.29 is 12.6 Å². The monoisotopic (exact) mass is 268 g/mol. The van der Waals surface area contributed by atoms with Crippen LogP contribution < -0.4 is 0 Å². The predicted molar refractivity (Wildman–Crippen MR) is 59.1 cm³/mol. The SMILES string of the molecule is CC(C)CS(=O)c1nnc(S(C)(=O)=O)s1. The van der Waals surface area contributed by atoms with E-state index in [0.717, 1.165) is 17.6 Å². The molecule has 8 heteroatoms. The minimum atomic E-state index is -3.33. The highest BCUT2D eigenvalue weighted by Crippen LogP contribution is 2.19. The molecule has 0 spiro atoms.